The molecule has 0 bridgehead atoms. The molecule has 2 heterocycles. The van der Waals surface area contributed by atoms with Gasteiger partial charge < -0.3 is 0 Å². The lowest BCUT2D eigenvalue weighted by atomic mass is 10.1. The zero-order valence-corrected chi connectivity index (χ0v) is 13.5. The van der Waals surface area contributed by atoms with E-state index < -0.39 is 0 Å². The quantitative estimate of drug-likeness (QED) is 0.668. The molecule has 0 N–H and O–H groups in total. The van der Waals surface area contributed by atoms with Gasteiger partial charge in [-0.15, -0.1) is 10.2 Å². The van der Waals surface area contributed by atoms with Crippen LogP contribution in [0.2, 0.25) is 0 Å². The molecule has 0 atom stereocenters. The lowest BCUT2D eigenvalue weighted by Gasteiger charge is -2.06. The highest BCUT2D eigenvalue weighted by molar-refractivity contribution is 7.98. The van der Waals surface area contributed by atoms with Crippen molar-refractivity contribution in [3.05, 3.63) is 71.5 Å². The number of pyridine rings is 1. The van der Waals surface area contributed by atoms with Crippen molar-refractivity contribution in [2.45, 2.75) is 24.6 Å². The fourth-order valence-electron chi connectivity index (χ4n) is 2.18. The molecule has 0 spiro atoms. The molecule has 22 heavy (non-hydrogen) atoms. The zero-order chi connectivity index (χ0) is 15.4. The van der Waals surface area contributed by atoms with E-state index in [-0.39, 0.29) is 0 Å². The highest BCUT2D eigenvalue weighted by atomic mass is 32.2. The molecule has 3 aromatic rings. The zero-order valence-electron chi connectivity index (χ0n) is 12.7. The summed E-state index contributed by atoms with van der Waals surface area (Å²) in [5.41, 5.74) is 5.87. The first-order valence-corrected chi connectivity index (χ1v) is 8.14. The van der Waals surface area contributed by atoms with E-state index in [0.717, 1.165) is 22.0 Å². The van der Waals surface area contributed by atoms with Gasteiger partial charge in [0.05, 0.1) is 5.69 Å². The van der Waals surface area contributed by atoms with Gasteiger partial charge in [0.1, 0.15) is 5.03 Å². The van der Waals surface area contributed by atoms with Crippen molar-refractivity contribution < 1.29 is 0 Å². The molecule has 1 aromatic carbocycles. The third kappa shape index (κ3) is 3.52. The SMILES string of the molecule is Cc1ccc(C)c(CSc2ccc(-c3ccncc3)nn2)c1. The van der Waals surface area contributed by atoms with Crippen LogP contribution in [0.25, 0.3) is 11.3 Å². The minimum absolute atomic E-state index is 0.874. The Balaban J connectivity index is 1.70. The van der Waals surface area contributed by atoms with E-state index in [4.69, 9.17) is 0 Å². The van der Waals surface area contributed by atoms with Gasteiger partial charge in [0.15, 0.2) is 0 Å². The normalized spacial score (nSPS) is 10.6. The predicted molar refractivity (Wildman–Crippen MR) is 90.7 cm³/mol. The number of hydrogen-bond acceptors (Lipinski definition) is 4. The average molecular weight is 307 g/mol. The van der Waals surface area contributed by atoms with Crippen molar-refractivity contribution in [3.63, 3.8) is 0 Å². The lowest BCUT2D eigenvalue weighted by Crippen LogP contribution is -1.92. The fraction of sp³-hybridized carbons (Fsp3) is 0.167. The van der Waals surface area contributed by atoms with Crippen LogP contribution in [-0.2, 0) is 5.75 Å². The number of nitrogens with zero attached hydrogens (tertiary/aromatic N) is 3. The minimum atomic E-state index is 0.874. The number of aryl methyl sites for hydroxylation is 2. The van der Waals surface area contributed by atoms with Crippen LogP contribution in [0.5, 0.6) is 0 Å². The van der Waals surface area contributed by atoms with Gasteiger partial charge >= 0.3 is 0 Å². The Hall–Kier alpha value is -2.20. The first-order valence-electron chi connectivity index (χ1n) is 7.15. The molecule has 4 heteroatoms. The van der Waals surface area contributed by atoms with Crippen LogP contribution in [0.3, 0.4) is 0 Å². The van der Waals surface area contributed by atoms with Crippen molar-refractivity contribution >= 4 is 11.8 Å². The van der Waals surface area contributed by atoms with Crippen LogP contribution in [0.4, 0.5) is 0 Å². The molecule has 0 saturated carbocycles. The standard InChI is InChI=1S/C18H17N3S/c1-13-3-4-14(2)16(11-13)12-22-18-6-5-17(20-21-18)15-7-9-19-10-8-15/h3-11H,12H2,1-2H3. The van der Waals surface area contributed by atoms with Crippen LogP contribution < -0.4 is 0 Å². The van der Waals surface area contributed by atoms with Crippen molar-refractivity contribution in [1.29, 1.82) is 0 Å². The summed E-state index contributed by atoms with van der Waals surface area (Å²) in [6.45, 7) is 4.27. The van der Waals surface area contributed by atoms with E-state index in [1.807, 2.05) is 24.3 Å². The first kappa shape index (κ1) is 14.7. The molecule has 0 aliphatic heterocycles. The summed E-state index contributed by atoms with van der Waals surface area (Å²) in [7, 11) is 0. The molecular formula is C18H17N3S. The number of hydrogen-bond donors (Lipinski definition) is 0. The summed E-state index contributed by atoms with van der Waals surface area (Å²) < 4.78 is 0. The Kier molecular flexibility index (Phi) is 4.49. The largest absolute Gasteiger partial charge is 0.265 e. The van der Waals surface area contributed by atoms with Crippen LogP contribution in [0, 0.1) is 13.8 Å². The average Bonchev–Trinajstić information content (AvgIpc) is 2.57. The third-order valence-corrected chi connectivity index (χ3v) is 4.47. The molecule has 0 aliphatic rings. The maximum absolute atomic E-state index is 4.31. The Bertz CT molecular complexity index is 755. The maximum Gasteiger partial charge on any atom is 0.119 e. The van der Waals surface area contributed by atoms with Crippen LogP contribution in [0.1, 0.15) is 16.7 Å². The molecule has 0 unspecified atom stereocenters. The van der Waals surface area contributed by atoms with Crippen LogP contribution >= 0.6 is 11.8 Å². The minimum Gasteiger partial charge on any atom is -0.265 e. The van der Waals surface area contributed by atoms with Gasteiger partial charge in [-0.25, -0.2) is 0 Å². The Morgan fingerprint density at radius 3 is 2.45 bits per heavy atom. The summed E-state index contributed by atoms with van der Waals surface area (Å²) in [6, 6.07) is 14.5. The molecular weight excluding hydrogens is 290 g/mol. The van der Waals surface area contributed by atoms with Crippen molar-refractivity contribution in [1.82, 2.24) is 15.2 Å². The smallest absolute Gasteiger partial charge is 0.119 e. The van der Waals surface area contributed by atoms with E-state index >= 15 is 0 Å². The second-order valence-corrected chi connectivity index (χ2v) is 6.21. The molecule has 0 fully saturated rings. The summed E-state index contributed by atoms with van der Waals surface area (Å²) in [4.78, 5) is 4.01. The van der Waals surface area contributed by atoms with Crippen molar-refractivity contribution in [3.8, 4) is 11.3 Å². The van der Waals surface area contributed by atoms with Gasteiger partial charge in [0.25, 0.3) is 0 Å². The molecule has 3 nitrogen and oxygen atoms in total. The van der Waals surface area contributed by atoms with Gasteiger partial charge in [0.2, 0.25) is 0 Å². The van der Waals surface area contributed by atoms with Gasteiger partial charge in [0, 0.05) is 23.7 Å². The third-order valence-electron chi connectivity index (χ3n) is 3.50. The number of benzene rings is 1. The monoisotopic (exact) mass is 307 g/mol. The molecule has 0 amide bonds. The van der Waals surface area contributed by atoms with E-state index in [2.05, 4.69) is 47.2 Å². The first-order chi connectivity index (χ1) is 10.7. The molecule has 0 aliphatic carbocycles. The number of rotatable bonds is 4. The molecule has 0 saturated heterocycles. The fourth-order valence-corrected chi connectivity index (χ4v) is 3.06. The van der Waals surface area contributed by atoms with Crippen LogP contribution in [-0.4, -0.2) is 15.2 Å². The Labute approximate surface area is 134 Å². The van der Waals surface area contributed by atoms with Crippen LogP contribution in [0.15, 0.2) is 59.9 Å². The summed E-state index contributed by atoms with van der Waals surface area (Å²) in [6.07, 6.45) is 3.53. The van der Waals surface area contributed by atoms with E-state index in [0.29, 0.717) is 0 Å². The van der Waals surface area contributed by atoms with Gasteiger partial charge in [-0.2, -0.15) is 0 Å². The highest BCUT2D eigenvalue weighted by Crippen LogP contribution is 2.24. The maximum atomic E-state index is 4.31. The van der Waals surface area contributed by atoms with Gasteiger partial charge in [-0.3, -0.25) is 4.98 Å². The van der Waals surface area contributed by atoms with E-state index in [1.165, 1.54) is 16.7 Å². The van der Waals surface area contributed by atoms with Crippen molar-refractivity contribution in [2.24, 2.45) is 0 Å². The Morgan fingerprint density at radius 2 is 1.73 bits per heavy atom. The molecule has 110 valence electrons. The van der Waals surface area contributed by atoms with Gasteiger partial charge in [-0.05, 0) is 49.2 Å². The predicted octanol–water partition coefficient (Wildman–Crippen LogP) is 4.45. The second kappa shape index (κ2) is 6.71. The van der Waals surface area contributed by atoms with E-state index in [1.54, 1.807) is 24.2 Å². The molecule has 3 rings (SSSR count). The van der Waals surface area contributed by atoms with Gasteiger partial charge in [-0.1, -0.05) is 35.5 Å². The Morgan fingerprint density at radius 1 is 0.909 bits per heavy atom. The summed E-state index contributed by atoms with van der Waals surface area (Å²) >= 11 is 1.71. The topological polar surface area (TPSA) is 38.7 Å². The van der Waals surface area contributed by atoms with E-state index in [9.17, 15) is 0 Å². The summed E-state index contributed by atoms with van der Waals surface area (Å²) in [5.74, 6) is 0.913. The lowest BCUT2D eigenvalue weighted by molar-refractivity contribution is 0.935. The molecule has 2 aromatic heterocycles. The number of aromatic nitrogens is 3. The number of thioether (sulfide) groups is 1. The highest BCUT2D eigenvalue weighted by Gasteiger charge is 2.04. The molecule has 0 radical (unpaired) electrons. The summed E-state index contributed by atoms with van der Waals surface area (Å²) in [5, 5.41) is 9.56. The van der Waals surface area contributed by atoms with Crippen molar-refractivity contribution in [2.75, 3.05) is 0 Å². The second-order valence-electron chi connectivity index (χ2n) is 5.21.